The molecule has 0 bridgehead atoms. The zero-order valence-electron chi connectivity index (χ0n) is 13.3. The van der Waals surface area contributed by atoms with Gasteiger partial charge >= 0.3 is 0 Å². The molecule has 3 heterocycles. The molecule has 0 aliphatic carbocycles. The van der Waals surface area contributed by atoms with Gasteiger partial charge in [0.25, 0.3) is 5.91 Å². The molecule has 1 aliphatic heterocycles. The molecule has 7 heteroatoms. The number of likely N-dealkylation sites (tertiary alicyclic amines) is 1. The van der Waals surface area contributed by atoms with Crippen molar-refractivity contribution in [1.29, 1.82) is 0 Å². The van der Waals surface area contributed by atoms with Crippen molar-refractivity contribution in [3.8, 4) is 11.1 Å². The van der Waals surface area contributed by atoms with Gasteiger partial charge in [0.05, 0.1) is 18.5 Å². The molecule has 0 radical (unpaired) electrons. The second kappa shape index (κ2) is 6.38. The van der Waals surface area contributed by atoms with Crippen molar-refractivity contribution in [1.82, 2.24) is 19.9 Å². The Labute approximate surface area is 149 Å². The number of pyridine rings is 1. The number of aromatic nitrogens is 3. The van der Waals surface area contributed by atoms with Crippen molar-refractivity contribution in [2.75, 3.05) is 13.1 Å². The fraction of sp³-hybridized carbons (Fsp3) is 0.222. The molecule has 25 heavy (non-hydrogen) atoms. The average Bonchev–Trinajstić information content (AvgIpc) is 3.07. The number of halogens is 1. The molecule has 0 spiro atoms. The summed E-state index contributed by atoms with van der Waals surface area (Å²) in [6.45, 7) is 0.860. The maximum atomic E-state index is 12.6. The van der Waals surface area contributed by atoms with Crippen LogP contribution in [0, 0.1) is 0 Å². The highest BCUT2D eigenvalue weighted by Gasteiger charge is 2.26. The third-order valence-corrected chi connectivity index (χ3v) is 4.53. The molecule has 1 aliphatic rings. The monoisotopic (exact) mass is 354 g/mol. The van der Waals surface area contributed by atoms with Crippen LogP contribution in [0.1, 0.15) is 16.9 Å². The quantitative estimate of drug-likeness (QED) is 0.765. The molecule has 1 aromatic carbocycles. The lowest BCUT2D eigenvalue weighted by Gasteiger charge is -2.15. The molecule has 1 unspecified atom stereocenters. The summed E-state index contributed by atoms with van der Waals surface area (Å²) in [4.78, 5) is 27.3. The van der Waals surface area contributed by atoms with Crippen molar-refractivity contribution >= 4 is 28.5 Å². The highest BCUT2D eigenvalue weighted by molar-refractivity contribution is 6.30. The molecule has 3 aromatic rings. The standard InChI is InChI=1S/C18H15ClN4O2/c19-12-3-1-11(2-4-12)14-7-20-8-15-17(14)22-16(9-21-15)18(25)23-6-5-13(24)10-23/h1-4,7-9,13,24H,5-6,10H2. The molecule has 1 fully saturated rings. The molecule has 1 amide bonds. The molecular formula is C18H15ClN4O2. The third-order valence-electron chi connectivity index (χ3n) is 4.28. The summed E-state index contributed by atoms with van der Waals surface area (Å²) in [5.74, 6) is -0.218. The summed E-state index contributed by atoms with van der Waals surface area (Å²) in [5.41, 5.74) is 3.19. The van der Waals surface area contributed by atoms with Gasteiger partial charge in [-0.15, -0.1) is 0 Å². The fourth-order valence-corrected chi connectivity index (χ4v) is 3.09. The van der Waals surface area contributed by atoms with Crippen LogP contribution in [0.15, 0.2) is 42.9 Å². The van der Waals surface area contributed by atoms with Crippen molar-refractivity contribution in [2.45, 2.75) is 12.5 Å². The number of fused-ring (bicyclic) bond motifs is 1. The maximum Gasteiger partial charge on any atom is 0.274 e. The number of aliphatic hydroxyl groups excluding tert-OH is 1. The Kier molecular flexibility index (Phi) is 4.07. The van der Waals surface area contributed by atoms with Crippen LogP contribution in [0.4, 0.5) is 0 Å². The summed E-state index contributed by atoms with van der Waals surface area (Å²) in [6, 6.07) is 7.35. The van der Waals surface area contributed by atoms with Crippen LogP contribution in [0.25, 0.3) is 22.2 Å². The highest BCUT2D eigenvalue weighted by Crippen LogP contribution is 2.27. The Hall–Kier alpha value is -2.57. The van der Waals surface area contributed by atoms with Crippen molar-refractivity contribution in [3.63, 3.8) is 0 Å². The second-order valence-electron chi connectivity index (χ2n) is 6.01. The van der Waals surface area contributed by atoms with Gasteiger partial charge in [-0.2, -0.15) is 0 Å². The normalized spacial score (nSPS) is 17.2. The van der Waals surface area contributed by atoms with Gasteiger partial charge in [-0.25, -0.2) is 4.98 Å². The summed E-state index contributed by atoms with van der Waals surface area (Å²) in [7, 11) is 0. The molecule has 1 atom stereocenters. The lowest BCUT2D eigenvalue weighted by atomic mass is 10.1. The Morgan fingerprint density at radius 3 is 2.72 bits per heavy atom. The van der Waals surface area contributed by atoms with Crippen LogP contribution in [0.5, 0.6) is 0 Å². The van der Waals surface area contributed by atoms with E-state index in [4.69, 9.17) is 11.6 Å². The Morgan fingerprint density at radius 1 is 1.20 bits per heavy atom. The van der Waals surface area contributed by atoms with Gasteiger partial charge in [-0.05, 0) is 24.1 Å². The van der Waals surface area contributed by atoms with Crippen LogP contribution >= 0.6 is 11.6 Å². The summed E-state index contributed by atoms with van der Waals surface area (Å²) < 4.78 is 0. The fourth-order valence-electron chi connectivity index (χ4n) is 2.97. The van der Waals surface area contributed by atoms with Crippen LogP contribution in [-0.2, 0) is 0 Å². The van der Waals surface area contributed by atoms with Gasteiger partial charge in [-0.3, -0.25) is 14.8 Å². The van der Waals surface area contributed by atoms with E-state index in [0.29, 0.717) is 35.6 Å². The summed E-state index contributed by atoms with van der Waals surface area (Å²) >= 11 is 5.95. The van der Waals surface area contributed by atoms with E-state index in [9.17, 15) is 9.90 Å². The summed E-state index contributed by atoms with van der Waals surface area (Å²) in [6.07, 6.45) is 4.91. The average molecular weight is 355 g/mol. The van der Waals surface area contributed by atoms with Crippen LogP contribution in [-0.4, -0.2) is 50.1 Å². The molecule has 126 valence electrons. The third kappa shape index (κ3) is 3.06. The molecule has 0 saturated carbocycles. The number of benzene rings is 1. The van der Waals surface area contributed by atoms with Gasteiger partial charge in [0, 0.05) is 29.9 Å². The second-order valence-corrected chi connectivity index (χ2v) is 6.45. The highest BCUT2D eigenvalue weighted by atomic mass is 35.5. The van der Waals surface area contributed by atoms with E-state index in [2.05, 4.69) is 15.0 Å². The topological polar surface area (TPSA) is 79.2 Å². The first kappa shape index (κ1) is 15.9. The van der Waals surface area contributed by atoms with Gasteiger partial charge in [0.15, 0.2) is 0 Å². The molecule has 4 rings (SSSR count). The van der Waals surface area contributed by atoms with Gasteiger partial charge < -0.3 is 10.0 Å². The zero-order chi connectivity index (χ0) is 17.4. The van der Waals surface area contributed by atoms with Crippen LogP contribution in [0.2, 0.25) is 5.02 Å². The van der Waals surface area contributed by atoms with E-state index in [0.717, 1.165) is 11.1 Å². The number of rotatable bonds is 2. The number of aliphatic hydroxyl groups is 1. The van der Waals surface area contributed by atoms with E-state index >= 15 is 0 Å². The molecule has 6 nitrogen and oxygen atoms in total. The first-order chi connectivity index (χ1) is 12.1. The lowest BCUT2D eigenvalue weighted by Crippen LogP contribution is -2.30. The zero-order valence-corrected chi connectivity index (χ0v) is 14.0. The van der Waals surface area contributed by atoms with E-state index in [1.807, 2.05) is 12.1 Å². The van der Waals surface area contributed by atoms with E-state index in [1.54, 1.807) is 29.4 Å². The molecule has 1 saturated heterocycles. The van der Waals surface area contributed by atoms with E-state index in [-0.39, 0.29) is 11.6 Å². The smallest absolute Gasteiger partial charge is 0.274 e. The minimum absolute atomic E-state index is 0.218. The van der Waals surface area contributed by atoms with Gasteiger partial charge in [-0.1, -0.05) is 23.7 Å². The largest absolute Gasteiger partial charge is 0.391 e. The predicted molar refractivity (Wildman–Crippen MR) is 94.3 cm³/mol. The Bertz CT molecular complexity index is 945. The predicted octanol–water partition coefficient (Wildman–Crippen LogP) is 2.55. The molecule has 2 aromatic heterocycles. The van der Waals surface area contributed by atoms with Crippen LogP contribution < -0.4 is 0 Å². The minimum Gasteiger partial charge on any atom is -0.391 e. The van der Waals surface area contributed by atoms with Crippen molar-refractivity contribution in [2.24, 2.45) is 0 Å². The van der Waals surface area contributed by atoms with Crippen LogP contribution in [0.3, 0.4) is 0 Å². The summed E-state index contributed by atoms with van der Waals surface area (Å²) in [5, 5.41) is 10.3. The SMILES string of the molecule is O=C(c1cnc2cncc(-c3ccc(Cl)cc3)c2n1)N1CCC(O)C1. The number of carbonyl (C=O) groups is 1. The van der Waals surface area contributed by atoms with Crippen molar-refractivity contribution in [3.05, 3.63) is 53.6 Å². The first-order valence-electron chi connectivity index (χ1n) is 7.96. The Morgan fingerprint density at radius 2 is 2.00 bits per heavy atom. The number of β-amino-alcohol motifs (C(OH)–C–C–N with tert-alkyl or cyclic N) is 1. The molecular weight excluding hydrogens is 340 g/mol. The van der Waals surface area contributed by atoms with Crippen molar-refractivity contribution < 1.29 is 9.90 Å². The number of amides is 1. The molecule has 1 N–H and O–H groups in total. The number of nitrogens with zero attached hydrogens (tertiary/aromatic N) is 4. The Balaban J connectivity index is 1.78. The maximum absolute atomic E-state index is 12.6. The minimum atomic E-state index is -0.466. The van der Waals surface area contributed by atoms with Gasteiger partial charge in [0.1, 0.15) is 16.7 Å². The lowest BCUT2D eigenvalue weighted by molar-refractivity contribution is 0.0759. The first-order valence-corrected chi connectivity index (χ1v) is 8.33. The van der Waals surface area contributed by atoms with E-state index in [1.165, 1.54) is 6.20 Å². The number of carbonyl (C=O) groups excluding carboxylic acids is 1. The number of hydrogen-bond donors (Lipinski definition) is 1. The van der Waals surface area contributed by atoms with Gasteiger partial charge in [0.2, 0.25) is 0 Å². The van der Waals surface area contributed by atoms with E-state index < -0.39 is 6.10 Å². The number of hydrogen-bond acceptors (Lipinski definition) is 5.